The van der Waals surface area contributed by atoms with Gasteiger partial charge in [-0.1, -0.05) is 17.7 Å². The zero-order valence-electron chi connectivity index (χ0n) is 11.0. The quantitative estimate of drug-likeness (QED) is 0.913. The summed E-state index contributed by atoms with van der Waals surface area (Å²) in [5.74, 6) is 0. The maximum atomic E-state index is 12.7. The van der Waals surface area contributed by atoms with Gasteiger partial charge in [-0.3, -0.25) is 0 Å². The lowest BCUT2D eigenvalue weighted by molar-refractivity contribution is -0.0114. The van der Waals surface area contributed by atoms with Gasteiger partial charge in [-0.2, -0.15) is 4.31 Å². The van der Waals surface area contributed by atoms with Gasteiger partial charge in [0.15, 0.2) is 0 Å². The zero-order valence-corrected chi connectivity index (χ0v) is 12.5. The molecule has 2 aliphatic heterocycles. The smallest absolute Gasteiger partial charge is 0.244 e. The average Bonchev–Trinajstić information content (AvgIpc) is 2.77. The molecular formula is C13H17ClN2O3S. The molecule has 7 heteroatoms. The fourth-order valence-electron chi connectivity index (χ4n) is 2.79. The SMILES string of the molecule is NCc1ccc(Cl)c(S(=O)(=O)N2CC3CCC(C2)O3)c1. The predicted molar refractivity (Wildman–Crippen MR) is 76.0 cm³/mol. The highest BCUT2D eigenvalue weighted by Crippen LogP contribution is 2.32. The molecular weight excluding hydrogens is 300 g/mol. The van der Waals surface area contributed by atoms with E-state index >= 15 is 0 Å². The van der Waals surface area contributed by atoms with Crippen LogP contribution in [0.4, 0.5) is 0 Å². The van der Waals surface area contributed by atoms with Crippen LogP contribution in [0, 0.1) is 0 Å². The van der Waals surface area contributed by atoms with Crippen LogP contribution in [0.2, 0.25) is 5.02 Å². The molecule has 1 aromatic rings. The van der Waals surface area contributed by atoms with E-state index in [1.807, 2.05) is 0 Å². The molecule has 0 aliphatic carbocycles. The van der Waals surface area contributed by atoms with Crippen molar-refractivity contribution in [1.82, 2.24) is 4.31 Å². The molecule has 3 rings (SSSR count). The Kier molecular flexibility index (Phi) is 3.77. The van der Waals surface area contributed by atoms with Crippen LogP contribution in [0.5, 0.6) is 0 Å². The second-order valence-electron chi connectivity index (χ2n) is 5.25. The molecule has 2 unspecified atom stereocenters. The highest BCUT2D eigenvalue weighted by Gasteiger charge is 2.39. The lowest BCUT2D eigenvalue weighted by Gasteiger charge is -2.31. The Morgan fingerprint density at radius 3 is 2.55 bits per heavy atom. The van der Waals surface area contributed by atoms with E-state index in [-0.39, 0.29) is 28.7 Å². The van der Waals surface area contributed by atoms with Crippen molar-refractivity contribution in [2.75, 3.05) is 13.1 Å². The molecule has 1 aromatic carbocycles. The van der Waals surface area contributed by atoms with Crippen molar-refractivity contribution < 1.29 is 13.2 Å². The third-order valence-electron chi connectivity index (χ3n) is 3.86. The summed E-state index contributed by atoms with van der Waals surface area (Å²) in [6.45, 7) is 1.10. The zero-order chi connectivity index (χ0) is 14.3. The van der Waals surface area contributed by atoms with Crippen molar-refractivity contribution in [2.45, 2.75) is 36.5 Å². The van der Waals surface area contributed by atoms with Crippen LogP contribution in [0.1, 0.15) is 18.4 Å². The molecule has 0 radical (unpaired) electrons. The normalized spacial score (nSPS) is 26.9. The third-order valence-corrected chi connectivity index (χ3v) is 6.17. The molecule has 5 nitrogen and oxygen atoms in total. The number of nitrogens with zero attached hydrogens (tertiary/aromatic N) is 1. The standard InChI is InChI=1S/C13H17ClN2O3S/c14-12-4-1-9(6-15)5-13(12)20(17,18)16-7-10-2-3-11(8-16)19-10/h1,4-5,10-11H,2-3,6-8,15H2. The molecule has 0 saturated carbocycles. The van der Waals surface area contributed by atoms with Crippen LogP contribution in [-0.4, -0.2) is 38.0 Å². The lowest BCUT2D eigenvalue weighted by Crippen LogP contribution is -2.45. The van der Waals surface area contributed by atoms with Gasteiger partial charge >= 0.3 is 0 Å². The van der Waals surface area contributed by atoms with E-state index in [1.165, 1.54) is 4.31 Å². The molecule has 2 heterocycles. The molecule has 0 amide bonds. The molecule has 2 N–H and O–H groups in total. The summed E-state index contributed by atoms with van der Waals surface area (Å²) < 4.78 is 32.6. The van der Waals surface area contributed by atoms with Gasteiger partial charge in [0.25, 0.3) is 0 Å². The first-order valence-electron chi connectivity index (χ1n) is 6.65. The van der Waals surface area contributed by atoms with Gasteiger partial charge in [0, 0.05) is 19.6 Å². The molecule has 2 saturated heterocycles. The minimum absolute atomic E-state index is 0.0139. The second kappa shape index (κ2) is 5.27. The van der Waals surface area contributed by atoms with E-state index < -0.39 is 10.0 Å². The summed E-state index contributed by atoms with van der Waals surface area (Å²) in [7, 11) is -3.59. The molecule has 20 heavy (non-hydrogen) atoms. The fraction of sp³-hybridized carbons (Fsp3) is 0.538. The van der Waals surface area contributed by atoms with Crippen molar-refractivity contribution in [2.24, 2.45) is 5.73 Å². The fourth-order valence-corrected chi connectivity index (χ4v) is 4.81. The van der Waals surface area contributed by atoms with Gasteiger partial charge in [0.1, 0.15) is 4.90 Å². The largest absolute Gasteiger partial charge is 0.372 e. The van der Waals surface area contributed by atoms with Crippen molar-refractivity contribution in [3.05, 3.63) is 28.8 Å². The van der Waals surface area contributed by atoms with Crippen LogP contribution in [-0.2, 0) is 21.3 Å². The number of hydrogen-bond acceptors (Lipinski definition) is 4. The number of rotatable bonds is 3. The van der Waals surface area contributed by atoms with Gasteiger partial charge in [-0.05, 0) is 30.5 Å². The topological polar surface area (TPSA) is 72.6 Å². The molecule has 2 atom stereocenters. The number of nitrogens with two attached hydrogens (primary N) is 1. The number of fused-ring (bicyclic) bond motifs is 2. The van der Waals surface area contributed by atoms with Crippen LogP contribution < -0.4 is 5.73 Å². The summed E-state index contributed by atoms with van der Waals surface area (Å²) in [5, 5.41) is 0.237. The maximum absolute atomic E-state index is 12.7. The first-order valence-corrected chi connectivity index (χ1v) is 8.46. The summed E-state index contributed by atoms with van der Waals surface area (Å²) in [6.07, 6.45) is 1.88. The Morgan fingerprint density at radius 2 is 1.95 bits per heavy atom. The van der Waals surface area contributed by atoms with E-state index in [9.17, 15) is 8.42 Å². The van der Waals surface area contributed by atoms with Gasteiger partial charge in [-0.25, -0.2) is 8.42 Å². The van der Waals surface area contributed by atoms with E-state index in [4.69, 9.17) is 22.1 Å². The van der Waals surface area contributed by atoms with Crippen molar-refractivity contribution in [1.29, 1.82) is 0 Å². The number of morpholine rings is 1. The Labute approximate surface area is 123 Å². The highest BCUT2D eigenvalue weighted by atomic mass is 35.5. The van der Waals surface area contributed by atoms with Crippen LogP contribution >= 0.6 is 11.6 Å². The van der Waals surface area contributed by atoms with Crippen LogP contribution in [0.25, 0.3) is 0 Å². The maximum Gasteiger partial charge on any atom is 0.244 e. The van der Waals surface area contributed by atoms with Crippen LogP contribution in [0.3, 0.4) is 0 Å². The molecule has 2 aliphatic rings. The Morgan fingerprint density at radius 1 is 1.30 bits per heavy atom. The van der Waals surface area contributed by atoms with E-state index in [1.54, 1.807) is 18.2 Å². The van der Waals surface area contributed by atoms with Crippen molar-refractivity contribution in [3.63, 3.8) is 0 Å². The third kappa shape index (κ3) is 2.46. The first-order chi connectivity index (χ1) is 9.50. The molecule has 2 fully saturated rings. The average molecular weight is 317 g/mol. The molecule has 0 aromatic heterocycles. The summed E-state index contributed by atoms with van der Waals surface area (Å²) in [5.41, 5.74) is 6.33. The van der Waals surface area contributed by atoms with E-state index in [0.717, 1.165) is 18.4 Å². The van der Waals surface area contributed by atoms with E-state index in [0.29, 0.717) is 13.1 Å². The van der Waals surface area contributed by atoms with Crippen molar-refractivity contribution in [3.8, 4) is 0 Å². The summed E-state index contributed by atoms with van der Waals surface area (Å²) in [6, 6.07) is 4.89. The molecule has 2 bridgehead atoms. The Hall–Kier alpha value is -0.660. The van der Waals surface area contributed by atoms with E-state index in [2.05, 4.69) is 0 Å². The monoisotopic (exact) mass is 316 g/mol. The highest BCUT2D eigenvalue weighted by molar-refractivity contribution is 7.89. The van der Waals surface area contributed by atoms with Gasteiger partial charge in [0.05, 0.1) is 17.2 Å². The molecule has 110 valence electrons. The molecule has 0 spiro atoms. The van der Waals surface area contributed by atoms with Crippen LogP contribution in [0.15, 0.2) is 23.1 Å². The van der Waals surface area contributed by atoms with Gasteiger partial charge in [-0.15, -0.1) is 0 Å². The van der Waals surface area contributed by atoms with Gasteiger partial charge in [0.2, 0.25) is 10.0 Å². The number of halogens is 1. The minimum atomic E-state index is -3.59. The second-order valence-corrected chi connectivity index (χ2v) is 7.56. The minimum Gasteiger partial charge on any atom is -0.372 e. The predicted octanol–water partition coefficient (Wildman–Crippen LogP) is 1.35. The summed E-state index contributed by atoms with van der Waals surface area (Å²) in [4.78, 5) is 0.142. The van der Waals surface area contributed by atoms with Crippen molar-refractivity contribution >= 4 is 21.6 Å². The summed E-state index contributed by atoms with van der Waals surface area (Å²) >= 11 is 6.07. The number of hydrogen-bond donors (Lipinski definition) is 1. The number of sulfonamides is 1. The first kappa shape index (κ1) is 14.3. The number of ether oxygens (including phenoxy) is 1. The number of benzene rings is 1. The Balaban J connectivity index is 1.95. The lowest BCUT2D eigenvalue weighted by atomic mass is 10.2. The van der Waals surface area contributed by atoms with Gasteiger partial charge < -0.3 is 10.5 Å². The Bertz CT molecular complexity index is 608.